The molecule has 0 aliphatic carbocycles. The highest BCUT2D eigenvalue weighted by Gasteiger charge is 2.54. The van der Waals surface area contributed by atoms with Crippen molar-refractivity contribution in [3.05, 3.63) is 54.4 Å². The van der Waals surface area contributed by atoms with E-state index in [0.29, 0.717) is 17.8 Å². The number of aromatic nitrogens is 1. The number of nitrogens with zero attached hydrogens (tertiary/aromatic N) is 1. The molecule has 0 radical (unpaired) electrons. The van der Waals surface area contributed by atoms with Gasteiger partial charge in [0.2, 0.25) is 7.37 Å². The van der Waals surface area contributed by atoms with Gasteiger partial charge in [-0.2, -0.15) is 13.2 Å². The van der Waals surface area contributed by atoms with Gasteiger partial charge in [0.25, 0.3) is 5.08 Å². The average molecular weight is 425 g/mol. The van der Waals surface area contributed by atoms with Crippen molar-refractivity contribution in [2.75, 3.05) is 6.66 Å². The van der Waals surface area contributed by atoms with Crippen molar-refractivity contribution < 1.29 is 46.7 Å². The number of benzene rings is 1. The zero-order chi connectivity index (χ0) is 20.7. The van der Waals surface area contributed by atoms with Crippen LogP contribution in [0, 0.1) is 0 Å². The van der Waals surface area contributed by atoms with Crippen molar-refractivity contribution in [2.24, 2.45) is 0 Å². The molecule has 1 aromatic carbocycles. The number of alkyl halides is 3. The van der Waals surface area contributed by atoms with E-state index in [9.17, 15) is 42.1 Å². The van der Waals surface area contributed by atoms with Crippen molar-refractivity contribution in [3.8, 4) is 11.1 Å². The van der Waals surface area contributed by atoms with Crippen LogP contribution in [0.3, 0.4) is 0 Å². The van der Waals surface area contributed by atoms with Crippen LogP contribution in [0.2, 0.25) is 0 Å². The van der Waals surface area contributed by atoms with Crippen LogP contribution in [0.1, 0.15) is 5.56 Å². The molecule has 3 N–H and O–H groups in total. The molecular weight excluding hydrogens is 409 g/mol. The molecule has 0 saturated heterocycles. The monoisotopic (exact) mass is 425 g/mol. The first-order chi connectivity index (χ1) is 12.1. The molecule has 0 fully saturated rings. The smallest absolute Gasteiger partial charge is 0.416 e. The molecule has 0 bridgehead atoms. The number of rotatable bonds is 5. The standard InChI is InChI=1S/C15H16F3NO6P2/c1-26(21,22)14(20,27(23,24)25)10-19-8-2-3-12(9-19)11-4-6-13(7-5-11)15(16,17)18/h2-9,20H,10H2,1H3,(H2-,21,22,23,24,25). The van der Waals surface area contributed by atoms with Gasteiger partial charge >= 0.3 is 6.18 Å². The molecule has 0 spiro atoms. The zero-order valence-corrected chi connectivity index (χ0v) is 15.7. The van der Waals surface area contributed by atoms with E-state index in [1.165, 1.54) is 36.7 Å². The summed E-state index contributed by atoms with van der Waals surface area (Å²) in [4.78, 5) is 30.3. The van der Waals surface area contributed by atoms with E-state index < -0.39 is 38.3 Å². The lowest BCUT2D eigenvalue weighted by Crippen LogP contribution is -2.49. The summed E-state index contributed by atoms with van der Waals surface area (Å²) in [5.74, 6) is 0. The molecule has 27 heavy (non-hydrogen) atoms. The summed E-state index contributed by atoms with van der Waals surface area (Å²) in [5.41, 5.74) is -0.126. The van der Waals surface area contributed by atoms with Crippen LogP contribution >= 0.6 is 15.0 Å². The Morgan fingerprint density at radius 2 is 1.63 bits per heavy atom. The van der Waals surface area contributed by atoms with Crippen molar-refractivity contribution in [2.45, 2.75) is 17.8 Å². The van der Waals surface area contributed by atoms with Crippen LogP contribution in [0.4, 0.5) is 13.2 Å². The molecule has 2 aromatic rings. The maximum absolute atomic E-state index is 12.6. The summed E-state index contributed by atoms with van der Waals surface area (Å²) in [7, 11) is -10.3. The first-order valence-corrected chi connectivity index (χ1v) is 11.1. The second-order valence-electron chi connectivity index (χ2n) is 6.01. The third-order valence-electron chi connectivity index (χ3n) is 3.92. The number of halogens is 3. The van der Waals surface area contributed by atoms with E-state index >= 15 is 0 Å². The van der Waals surface area contributed by atoms with Gasteiger partial charge in [-0.3, -0.25) is 4.57 Å². The highest BCUT2D eigenvalue weighted by atomic mass is 31.2. The number of hydrogen-bond acceptors (Lipinski definition) is 4. The maximum Gasteiger partial charge on any atom is 0.416 e. The van der Waals surface area contributed by atoms with Gasteiger partial charge in [0.05, 0.1) is 5.56 Å². The maximum atomic E-state index is 12.6. The van der Waals surface area contributed by atoms with E-state index in [1.807, 2.05) is 0 Å². The van der Waals surface area contributed by atoms with Crippen molar-refractivity contribution in [1.29, 1.82) is 0 Å². The minimum Gasteiger partial charge on any atom is -0.776 e. The Hall–Kier alpha value is -1.54. The fraction of sp³-hybridized carbons (Fsp3) is 0.267. The Kier molecular flexibility index (Phi) is 5.74. The van der Waals surface area contributed by atoms with Crippen LogP contribution in [0.15, 0.2) is 48.8 Å². The minimum atomic E-state index is -5.64. The molecule has 12 heteroatoms. The lowest BCUT2D eigenvalue weighted by molar-refractivity contribution is -0.703. The van der Waals surface area contributed by atoms with E-state index in [-0.39, 0.29) is 0 Å². The molecule has 1 heterocycles. The molecule has 148 valence electrons. The fourth-order valence-electron chi connectivity index (χ4n) is 2.34. The number of pyridine rings is 1. The molecule has 7 nitrogen and oxygen atoms in total. The zero-order valence-electron chi connectivity index (χ0n) is 13.9. The predicted octanol–water partition coefficient (Wildman–Crippen LogP) is 1.75. The summed E-state index contributed by atoms with van der Waals surface area (Å²) < 4.78 is 62.2. The Morgan fingerprint density at radius 3 is 2.07 bits per heavy atom. The topological polar surface area (TPSA) is 122 Å². The van der Waals surface area contributed by atoms with E-state index in [0.717, 1.165) is 16.7 Å². The number of aliphatic hydroxyl groups is 1. The largest absolute Gasteiger partial charge is 0.776 e. The van der Waals surface area contributed by atoms with Gasteiger partial charge in [-0.25, -0.2) is 4.57 Å². The van der Waals surface area contributed by atoms with Gasteiger partial charge in [-0.15, -0.1) is 0 Å². The van der Waals surface area contributed by atoms with E-state index in [1.54, 1.807) is 0 Å². The molecule has 2 rings (SSSR count). The van der Waals surface area contributed by atoms with E-state index in [4.69, 9.17) is 0 Å². The van der Waals surface area contributed by atoms with Crippen molar-refractivity contribution in [3.63, 3.8) is 0 Å². The molecule has 0 aliphatic heterocycles. The Balaban J connectivity index is 2.41. The first-order valence-electron chi connectivity index (χ1n) is 7.38. The summed E-state index contributed by atoms with van der Waals surface area (Å²) in [6.45, 7) is -0.364. The second-order valence-corrected chi connectivity index (χ2v) is 10.6. The highest BCUT2D eigenvalue weighted by Crippen LogP contribution is 2.65. The molecule has 0 amide bonds. The first kappa shape index (κ1) is 21.8. The summed E-state index contributed by atoms with van der Waals surface area (Å²) >= 11 is 0. The average Bonchev–Trinajstić information content (AvgIpc) is 2.52. The molecular formula is C15H16F3NO6P2. The summed E-state index contributed by atoms with van der Waals surface area (Å²) in [5, 5.41) is 6.82. The highest BCUT2D eigenvalue weighted by molar-refractivity contribution is 7.74. The fourth-order valence-corrected chi connectivity index (χ4v) is 4.99. The Labute approximate surface area is 152 Å². The Bertz CT molecular complexity index is 898. The third kappa shape index (κ3) is 4.66. The lowest BCUT2D eigenvalue weighted by Gasteiger charge is -2.35. The predicted molar refractivity (Wildman–Crippen MR) is 87.6 cm³/mol. The van der Waals surface area contributed by atoms with Crippen LogP contribution in [-0.4, -0.2) is 26.6 Å². The SMILES string of the molecule is CP(=O)(O)C(O)(C[n+]1cccc(-c2ccc(C(F)(F)F)cc2)c1)P(=O)([O-])O. The van der Waals surface area contributed by atoms with Crippen LogP contribution in [-0.2, 0) is 21.9 Å². The van der Waals surface area contributed by atoms with E-state index in [2.05, 4.69) is 0 Å². The van der Waals surface area contributed by atoms with Gasteiger partial charge in [-0.05, 0) is 23.8 Å². The number of hydrogen-bond donors (Lipinski definition) is 3. The molecule has 3 atom stereocenters. The third-order valence-corrected chi connectivity index (χ3v) is 8.30. The molecule has 1 aromatic heterocycles. The van der Waals surface area contributed by atoms with Gasteiger partial charge in [-0.1, -0.05) is 12.1 Å². The molecule has 0 saturated carbocycles. The van der Waals surface area contributed by atoms with Crippen LogP contribution in [0.5, 0.6) is 0 Å². The second kappa shape index (κ2) is 7.13. The molecule has 3 unspecified atom stereocenters. The van der Waals surface area contributed by atoms with Gasteiger partial charge in [0, 0.05) is 18.3 Å². The van der Waals surface area contributed by atoms with Crippen LogP contribution < -0.4 is 9.46 Å². The summed E-state index contributed by atoms with van der Waals surface area (Å²) in [6, 6.07) is 7.07. The summed E-state index contributed by atoms with van der Waals surface area (Å²) in [6.07, 6.45) is -1.96. The quantitative estimate of drug-likeness (QED) is 0.496. The van der Waals surface area contributed by atoms with Crippen molar-refractivity contribution in [1.82, 2.24) is 0 Å². The lowest BCUT2D eigenvalue weighted by atomic mass is 10.1. The normalized spacial score (nSPS) is 19.0. The Morgan fingerprint density at radius 1 is 1.07 bits per heavy atom. The van der Waals surface area contributed by atoms with Gasteiger partial charge in [0.15, 0.2) is 26.5 Å². The minimum absolute atomic E-state index is 0.358. The van der Waals surface area contributed by atoms with Crippen molar-refractivity contribution >= 4 is 15.0 Å². The van der Waals surface area contributed by atoms with Crippen LogP contribution in [0.25, 0.3) is 11.1 Å². The van der Waals surface area contributed by atoms with Gasteiger partial charge in [0.1, 0.15) is 0 Å². The molecule has 0 aliphatic rings. The van der Waals surface area contributed by atoms with Gasteiger partial charge < -0.3 is 24.4 Å².